The highest BCUT2D eigenvalue weighted by atomic mass is 16.8. The molecule has 3 fully saturated rings. The summed E-state index contributed by atoms with van der Waals surface area (Å²) in [6.07, 6.45) is 23.4. The van der Waals surface area contributed by atoms with E-state index >= 15 is 0 Å². The molecular formula is C61H107NO18. The number of allylic oxidation sites excluding steroid dienone is 9. The van der Waals surface area contributed by atoms with Crippen LogP contribution in [0.2, 0.25) is 0 Å². The van der Waals surface area contributed by atoms with Crippen LogP contribution in [0.4, 0.5) is 0 Å². The van der Waals surface area contributed by atoms with E-state index in [1.165, 1.54) is 77.0 Å². The molecule has 0 aromatic rings. The highest BCUT2D eigenvalue weighted by Crippen LogP contribution is 2.33. The Balaban J connectivity index is 1.47. The van der Waals surface area contributed by atoms with Crippen LogP contribution in [-0.4, -0.2) is 193 Å². The lowest BCUT2D eigenvalue weighted by molar-refractivity contribution is -0.379. The minimum atomic E-state index is -1.98. The van der Waals surface area contributed by atoms with Gasteiger partial charge in [-0.1, -0.05) is 184 Å². The van der Waals surface area contributed by atoms with Gasteiger partial charge in [0.1, 0.15) is 73.2 Å². The van der Waals surface area contributed by atoms with E-state index in [-0.39, 0.29) is 18.9 Å². The summed E-state index contributed by atoms with van der Waals surface area (Å²) in [5.41, 5.74) is 0. The molecule has 3 saturated heterocycles. The van der Waals surface area contributed by atoms with Crippen molar-refractivity contribution in [3.05, 3.63) is 60.8 Å². The van der Waals surface area contributed by atoms with E-state index in [1.807, 2.05) is 6.08 Å². The van der Waals surface area contributed by atoms with Gasteiger partial charge in [0.15, 0.2) is 18.9 Å². The Hall–Kier alpha value is -2.51. The number of carbonyl (C=O) groups excluding carboxylic acids is 1. The van der Waals surface area contributed by atoms with Crippen molar-refractivity contribution in [3.63, 3.8) is 0 Å². The molecule has 19 nitrogen and oxygen atoms in total. The van der Waals surface area contributed by atoms with Gasteiger partial charge in [-0.2, -0.15) is 0 Å². The van der Waals surface area contributed by atoms with E-state index in [0.717, 1.165) is 83.5 Å². The zero-order valence-corrected chi connectivity index (χ0v) is 48.3. The minimum Gasteiger partial charge on any atom is -0.394 e. The fourth-order valence-corrected chi connectivity index (χ4v) is 10.1. The quantitative estimate of drug-likeness (QED) is 0.0259. The monoisotopic (exact) mass is 1140 g/mol. The number of unbranched alkanes of at least 4 members (excludes halogenated alkanes) is 20. The topological polar surface area (TPSA) is 307 Å². The normalized spacial score (nSPS) is 30.4. The van der Waals surface area contributed by atoms with Gasteiger partial charge in [-0.3, -0.25) is 4.79 Å². The van der Waals surface area contributed by atoms with E-state index in [1.54, 1.807) is 6.08 Å². The maximum absolute atomic E-state index is 13.3. The number of hydrogen-bond acceptors (Lipinski definition) is 18. The molecule has 3 rings (SSSR count). The third kappa shape index (κ3) is 27.5. The van der Waals surface area contributed by atoms with Gasteiger partial charge >= 0.3 is 0 Å². The van der Waals surface area contributed by atoms with E-state index in [0.29, 0.717) is 6.42 Å². The minimum absolute atomic E-state index is 0.235. The summed E-state index contributed by atoms with van der Waals surface area (Å²) in [4.78, 5) is 13.3. The van der Waals surface area contributed by atoms with Crippen LogP contribution in [0.25, 0.3) is 0 Å². The summed E-state index contributed by atoms with van der Waals surface area (Å²) in [7, 11) is 0. The molecule has 19 heteroatoms. The molecule has 12 N–H and O–H groups in total. The van der Waals surface area contributed by atoms with Crippen LogP contribution >= 0.6 is 0 Å². The average Bonchev–Trinajstić information content (AvgIpc) is 3.45. The standard InChI is InChI=1S/C61H107NO18/c1-3-5-7-9-11-13-15-17-18-19-20-21-22-23-24-25-26-27-29-31-33-35-37-39-49(67)62-44(45(66)38-36-34-32-30-28-16-14-12-10-8-6-4-2)43-75-59-55(73)52(70)57(47(41-64)77-59)80-61-56(74)53(71)58(48(42-65)78-61)79-60-54(72)51(69)50(68)46(40-63)76-60/h5,7,11,13,17-18,20-21,36,38,44-48,50-61,63-66,68-74H,3-4,6,8-10,12,14-16,19,22-35,37,39-43H2,1-2H3,(H,62,67)/b7-5-,13-11-,18-17-,21-20-,38-36+. The zero-order chi connectivity index (χ0) is 58.3. The fraction of sp³-hybridized carbons (Fsp3) is 0.820. The number of aliphatic hydroxyl groups excluding tert-OH is 11. The first-order chi connectivity index (χ1) is 38.8. The second kappa shape index (κ2) is 44.0. The van der Waals surface area contributed by atoms with Gasteiger partial charge in [-0.15, -0.1) is 0 Å². The third-order valence-electron chi connectivity index (χ3n) is 15.1. The van der Waals surface area contributed by atoms with E-state index < -0.39 is 124 Å². The number of nitrogens with one attached hydrogen (secondary N) is 1. The Kier molecular flexibility index (Phi) is 39.5. The number of amides is 1. The molecule has 0 saturated carbocycles. The molecule has 0 bridgehead atoms. The summed E-state index contributed by atoms with van der Waals surface area (Å²) >= 11 is 0. The summed E-state index contributed by atoms with van der Waals surface area (Å²) < 4.78 is 34.2. The summed E-state index contributed by atoms with van der Waals surface area (Å²) in [6.45, 7) is 1.58. The number of ether oxygens (including phenoxy) is 6. The first kappa shape index (κ1) is 71.8. The first-order valence-electron chi connectivity index (χ1n) is 30.5. The Bertz CT molecular complexity index is 1700. The predicted octanol–water partition coefficient (Wildman–Crippen LogP) is 5.65. The van der Waals surface area contributed by atoms with Crippen molar-refractivity contribution in [3.8, 4) is 0 Å². The van der Waals surface area contributed by atoms with Crippen molar-refractivity contribution >= 4 is 5.91 Å². The van der Waals surface area contributed by atoms with Crippen molar-refractivity contribution in [2.75, 3.05) is 26.4 Å². The van der Waals surface area contributed by atoms with Crippen LogP contribution in [0.5, 0.6) is 0 Å². The van der Waals surface area contributed by atoms with Crippen molar-refractivity contribution in [2.45, 2.75) is 291 Å². The zero-order valence-electron chi connectivity index (χ0n) is 48.3. The van der Waals surface area contributed by atoms with Crippen LogP contribution in [0.15, 0.2) is 60.8 Å². The molecule has 3 heterocycles. The van der Waals surface area contributed by atoms with Crippen LogP contribution < -0.4 is 5.32 Å². The molecule has 464 valence electrons. The lowest BCUT2D eigenvalue weighted by Gasteiger charge is -2.48. The van der Waals surface area contributed by atoms with Gasteiger partial charge in [0.05, 0.1) is 38.6 Å². The number of rotatable bonds is 44. The van der Waals surface area contributed by atoms with E-state index in [2.05, 4.69) is 67.8 Å². The lowest BCUT2D eigenvalue weighted by Crippen LogP contribution is -2.66. The van der Waals surface area contributed by atoms with Gasteiger partial charge in [0.25, 0.3) is 0 Å². The van der Waals surface area contributed by atoms with Crippen molar-refractivity contribution in [1.82, 2.24) is 5.32 Å². The van der Waals surface area contributed by atoms with Gasteiger partial charge in [0, 0.05) is 6.42 Å². The maximum atomic E-state index is 13.3. The highest BCUT2D eigenvalue weighted by Gasteiger charge is 2.53. The Morgan fingerprint density at radius 3 is 1.35 bits per heavy atom. The van der Waals surface area contributed by atoms with Gasteiger partial charge in [0.2, 0.25) is 5.91 Å². The molecule has 17 unspecified atom stereocenters. The van der Waals surface area contributed by atoms with Crippen LogP contribution in [-0.2, 0) is 33.2 Å². The summed E-state index contributed by atoms with van der Waals surface area (Å²) in [5, 5.41) is 120. The van der Waals surface area contributed by atoms with E-state index in [4.69, 9.17) is 28.4 Å². The molecule has 3 aliphatic heterocycles. The highest BCUT2D eigenvalue weighted by molar-refractivity contribution is 5.76. The van der Waals surface area contributed by atoms with Gasteiger partial charge in [-0.25, -0.2) is 0 Å². The lowest BCUT2D eigenvalue weighted by atomic mass is 9.96. The molecule has 17 atom stereocenters. The molecular weight excluding hydrogens is 1030 g/mol. The molecule has 3 aliphatic rings. The second-order valence-corrected chi connectivity index (χ2v) is 21.8. The number of hydrogen-bond donors (Lipinski definition) is 12. The van der Waals surface area contributed by atoms with Crippen LogP contribution in [0.1, 0.15) is 187 Å². The molecule has 0 aromatic carbocycles. The molecule has 0 spiro atoms. The van der Waals surface area contributed by atoms with Crippen LogP contribution in [0.3, 0.4) is 0 Å². The largest absolute Gasteiger partial charge is 0.394 e. The van der Waals surface area contributed by atoms with E-state index in [9.17, 15) is 61.0 Å². The first-order valence-corrected chi connectivity index (χ1v) is 30.5. The van der Waals surface area contributed by atoms with Crippen LogP contribution in [0, 0.1) is 0 Å². The number of aliphatic hydroxyl groups is 11. The van der Waals surface area contributed by atoms with Gasteiger partial charge < -0.3 is 89.9 Å². The molecule has 80 heavy (non-hydrogen) atoms. The molecule has 0 radical (unpaired) electrons. The molecule has 1 amide bonds. The number of carbonyl (C=O) groups is 1. The maximum Gasteiger partial charge on any atom is 0.220 e. The average molecular weight is 1140 g/mol. The van der Waals surface area contributed by atoms with Gasteiger partial charge in [-0.05, 0) is 57.8 Å². The summed E-state index contributed by atoms with van der Waals surface area (Å²) in [6, 6.07) is -0.976. The van der Waals surface area contributed by atoms with Crippen molar-refractivity contribution < 1.29 is 89.4 Å². The van der Waals surface area contributed by atoms with Crippen molar-refractivity contribution in [2.24, 2.45) is 0 Å². The SMILES string of the molecule is CC/C=C\C/C=C\C/C=C\C/C=C\CCCCCCCCCCCCC(=O)NC(COC1OC(CO)C(OC2OC(CO)C(OC3OC(CO)C(O)C(O)C3O)C(O)C2O)C(O)C1O)C(O)/C=C/CCCCCCCCCCCC. The Morgan fingerprint density at radius 2 is 0.863 bits per heavy atom. The Labute approximate surface area is 477 Å². The second-order valence-electron chi connectivity index (χ2n) is 21.8. The predicted molar refractivity (Wildman–Crippen MR) is 305 cm³/mol. The molecule has 0 aliphatic carbocycles. The summed E-state index contributed by atoms with van der Waals surface area (Å²) in [5.74, 6) is -0.284. The fourth-order valence-electron chi connectivity index (χ4n) is 10.1. The third-order valence-corrected chi connectivity index (χ3v) is 15.1. The Morgan fingerprint density at radius 1 is 0.463 bits per heavy atom. The molecule has 0 aromatic heterocycles. The smallest absolute Gasteiger partial charge is 0.220 e. The van der Waals surface area contributed by atoms with Crippen molar-refractivity contribution in [1.29, 1.82) is 0 Å².